The molecule has 2 heterocycles. The van der Waals surface area contributed by atoms with Gasteiger partial charge in [-0.2, -0.15) is 0 Å². The first-order valence-electron chi connectivity index (χ1n) is 6.43. The maximum absolute atomic E-state index is 14.0. The first kappa shape index (κ1) is 11.7. The van der Waals surface area contributed by atoms with Gasteiger partial charge in [0.2, 0.25) is 0 Å². The molecule has 2 aromatic rings. The Bertz CT molecular complexity index is 555. The van der Waals surface area contributed by atoms with Crippen LogP contribution in [-0.2, 0) is 6.54 Å². The summed E-state index contributed by atoms with van der Waals surface area (Å²) in [6.45, 7) is 6.95. The Labute approximate surface area is 106 Å². The second kappa shape index (κ2) is 4.71. The van der Waals surface area contributed by atoms with Gasteiger partial charge in [-0.15, -0.1) is 0 Å². The molecular formula is C14H18FN3. The monoisotopic (exact) mass is 247 g/mol. The van der Waals surface area contributed by atoms with E-state index in [0.717, 1.165) is 49.2 Å². The maximum atomic E-state index is 14.0. The quantitative estimate of drug-likeness (QED) is 0.850. The molecule has 1 aromatic heterocycles. The van der Waals surface area contributed by atoms with Crippen LogP contribution in [0.25, 0.3) is 10.9 Å². The number of halogens is 1. The molecule has 0 unspecified atom stereocenters. The van der Waals surface area contributed by atoms with Crippen LogP contribution >= 0.6 is 0 Å². The third-order valence-electron chi connectivity index (χ3n) is 3.62. The molecular weight excluding hydrogens is 229 g/mol. The minimum absolute atomic E-state index is 0.147. The van der Waals surface area contributed by atoms with Crippen LogP contribution in [0.5, 0.6) is 0 Å². The lowest BCUT2D eigenvalue weighted by atomic mass is 10.1. The van der Waals surface area contributed by atoms with Crippen molar-refractivity contribution in [3.63, 3.8) is 0 Å². The summed E-state index contributed by atoms with van der Waals surface area (Å²) in [4.78, 5) is 5.35. The first-order valence-corrected chi connectivity index (χ1v) is 6.43. The van der Waals surface area contributed by atoms with E-state index in [1.807, 2.05) is 13.1 Å². The number of benzene rings is 1. The molecule has 4 heteroatoms. The average Bonchev–Trinajstić information content (AvgIpc) is 2.73. The van der Waals surface area contributed by atoms with Crippen molar-refractivity contribution in [1.82, 2.24) is 15.2 Å². The molecule has 3 rings (SSSR count). The van der Waals surface area contributed by atoms with E-state index in [9.17, 15) is 4.39 Å². The molecule has 18 heavy (non-hydrogen) atoms. The molecule has 0 saturated carbocycles. The Kier molecular flexibility index (Phi) is 3.06. The normalized spacial score (nSPS) is 17.4. The Hall–Kier alpha value is -1.39. The van der Waals surface area contributed by atoms with Gasteiger partial charge in [0, 0.05) is 44.3 Å². The lowest BCUT2D eigenvalue weighted by Crippen LogP contribution is -2.42. The number of fused-ring (bicyclic) bond motifs is 1. The predicted octanol–water partition coefficient (Wildman–Crippen LogP) is 2.02. The fraction of sp³-hybridized carbons (Fsp3) is 0.429. The van der Waals surface area contributed by atoms with E-state index in [1.54, 1.807) is 6.07 Å². The van der Waals surface area contributed by atoms with Gasteiger partial charge in [0.05, 0.1) is 5.52 Å². The molecule has 96 valence electrons. The number of nitrogens with zero attached hydrogens (tertiary/aromatic N) is 1. The molecule has 3 nitrogen and oxygen atoms in total. The van der Waals surface area contributed by atoms with Crippen LogP contribution in [0.15, 0.2) is 18.3 Å². The Morgan fingerprint density at radius 1 is 1.28 bits per heavy atom. The van der Waals surface area contributed by atoms with Gasteiger partial charge in [-0.25, -0.2) is 4.39 Å². The van der Waals surface area contributed by atoms with Crippen LogP contribution in [-0.4, -0.2) is 36.1 Å². The number of aryl methyl sites for hydroxylation is 1. The maximum Gasteiger partial charge on any atom is 0.147 e. The van der Waals surface area contributed by atoms with Gasteiger partial charge in [-0.3, -0.25) is 4.90 Å². The number of hydrogen-bond donors (Lipinski definition) is 2. The molecule has 0 spiro atoms. The van der Waals surface area contributed by atoms with Crippen molar-refractivity contribution in [2.75, 3.05) is 26.2 Å². The van der Waals surface area contributed by atoms with Crippen LogP contribution in [0.2, 0.25) is 0 Å². The summed E-state index contributed by atoms with van der Waals surface area (Å²) >= 11 is 0. The van der Waals surface area contributed by atoms with E-state index >= 15 is 0 Å². The second-order valence-electron chi connectivity index (χ2n) is 5.00. The van der Waals surface area contributed by atoms with E-state index in [4.69, 9.17) is 0 Å². The van der Waals surface area contributed by atoms with Gasteiger partial charge in [-0.05, 0) is 30.2 Å². The third kappa shape index (κ3) is 2.13. The third-order valence-corrected chi connectivity index (χ3v) is 3.62. The number of H-pyrrole nitrogens is 1. The highest BCUT2D eigenvalue weighted by atomic mass is 19.1. The van der Waals surface area contributed by atoms with Gasteiger partial charge in [0.1, 0.15) is 5.82 Å². The number of aromatic amines is 1. The summed E-state index contributed by atoms with van der Waals surface area (Å²) in [5, 5.41) is 4.33. The zero-order valence-corrected chi connectivity index (χ0v) is 10.6. The molecule has 2 N–H and O–H groups in total. The van der Waals surface area contributed by atoms with E-state index in [1.165, 1.54) is 0 Å². The van der Waals surface area contributed by atoms with Gasteiger partial charge in [0.25, 0.3) is 0 Å². The average molecular weight is 247 g/mol. The minimum Gasteiger partial charge on any atom is -0.359 e. The minimum atomic E-state index is -0.147. The summed E-state index contributed by atoms with van der Waals surface area (Å²) in [7, 11) is 0. The van der Waals surface area contributed by atoms with E-state index < -0.39 is 0 Å². The van der Waals surface area contributed by atoms with Crippen LogP contribution in [0.3, 0.4) is 0 Å². The molecule has 0 atom stereocenters. The number of aromatic nitrogens is 1. The molecule has 1 fully saturated rings. The Morgan fingerprint density at radius 3 is 2.83 bits per heavy atom. The number of piperazine rings is 1. The van der Waals surface area contributed by atoms with Gasteiger partial charge >= 0.3 is 0 Å². The molecule has 1 aliphatic heterocycles. The highest BCUT2D eigenvalue weighted by Gasteiger charge is 2.12. The zero-order chi connectivity index (χ0) is 12.5. The highest BCUT2D eigenvalue weighted by molar-refractivity contribution is 5.84. The number of nitrogens with one attached hydrogen (secondary N) is 2. The van der Waals surface area contributed by atoms with Crippen LogP contribution in [0.4, 0.5) is 4.39 Å². The van der Waals surface area contributed by atoms with Crippen molar-refractivity contribution < 1.29 is 4.39 Å². The summed E-state index contributed by atoms with van der Waals surface area (Å²) in [6, 6.07) is 3.76. The molecule has 0 bridgehead atoms. The van der Waals surface area contributed by atoms with Crippen LogP contribution in [0, 0.1) is 12.7 Å². The van der Waals surface area contributed by atoms with E-state index in [-0.39, 0.29) is 5.82 Å². The zero-order valence-electron chi connectivity index (χ0n) is 10.6. The Morgan fingerprint density at radius 2 is 2.06 bits per heavy atom. The van der Waals surface area contributed by atoms with Crippen molar-refractivity contribution in [2.24, 2.45) is 0 Å². The van der Waals surface area contributed by atoms with Crippen molar-refractivity contribution in [3.05, 3.63) is 35.3 Å². The summed E-state index contributed by atoms with van der Waals surface area (Å²) in [5.41, 5.74) is 2.78. The Balaban J connectivity index is 1.89. The molecule has 1 aliphatic rings. The van der Waals surface area contributed by atoms with Crippen molar-refractivity contribution >= 4 is 10.9 Å². The number of hydrogen-bond acceptors (Lipinski definition) is 2. The molecule has 0 radical (unpaired) electrons. The number of rotatable bonds is 2. The first-order chi connectivity index (χ1) is 8.74. The standard InChI is InChI=1S/C14H18FN3/c1-10-8-17-14-12(10)6-11(7-13(14)15)9-18-4-2-16-3-5-18/h6-8,16-17H,2-5,9H2,1H3. The van der Waals surface area contributed by atoms with Gasteiger partial charge in [-0.1, -0.05) is 0 Å². The van der Waals surface area contributed by atoms with Crippen molar-refractivity contribution in [1.29, 1.82) is 0 Å². The molecule has 0 amide bonds. The highest BCUT2D eigenvalue weighted by Crippen LogP contribution is 2.23. The molecule has 1 aromatic carbocycles. The largest absolute Gasteiger partial charge is 0.359 e. The van der Waals surface area contributed by atoms with Gasteiger partial charge in [0.15, 0.2) is 0 Å². The van der Waals surface area contributed by atoms with E-state index in [0.29, 0.717) is 5.52 Å². The van der Waals surface area contributed by atoms with Crippen molar-refractivity contribution in [3.8, 4) is 0 Å². The fourth-order valence-corrected chi connectivity index (χ4v) is 2.60. The lowest BCUT2D eigenvalue weighted by Gasteiger charge is -2.27. The topological polar surface area (TPSA) is 31.1 Å². The smallest absolute Gasteiger partial charge is 0.147 e. The SMILES string of the molecule is Cc1c[nH]c2c(F)cc(CN3CCNCC3)cc12. The van der Waals surface area contributed by atoms with E-state index in [2.05, 4.69) is 21.3 Å². The van der Waals surface area contributed by atoms with Crippen LogP contribution < -0.4 is 5.32 Å². The molecule has 1 saturated heterocycles. The molecule has 0 aliphatic carbocycles. The van der Waals surface area contributed by atoms with Crippen molar-refractivity contribution in [2.45, 2.75) is 13.5 Å². The predicted molar refractivity (Wildman–Crippen MR) is 71.1 cm³/mol. The summed E-state index contributed by atoms with van der Waals surface area (Å²) in [5.74, 6) is -0.147. The van der Waals surface area contributed by atoms with Gasteiger partial charge < -0.3 is 10.3 Å². The lowest BCUT2D eigenvalue weighted by molar-refractivity contribution is 0.233. The van der Waals surface area contributed by atoms with Crippen LogP contribution in [0.1, 0.15) is 11.1 Å². The second-order valence-corrected chi connectivity index (χ2v) is 5.00. The summed E-state index contributed by atoms with van der Waals surface area (Å²) < 4.78 is 14.0. The fourth-order valence-electron chi connectivity index (χ4n) is 2.60. The summed E-state index contributed by atoms with van der Waals surface area (Å²) in [6.07, 6.45) is 1.86.